The Bertz CT molecular complexity index is 269. The van der Waals surface area contributed by atoms with E-state index in [1.807, 2.05) is 0 Å². The molecular weight excluding hydrogens is 247 g/mol. The highest BCUT2D eigenvalue weighted by Gasteiger charge is 2.13. The van der Waals surface area contributed by atoms with E-state index >= 15 is 0 Å². The minimum absolute atomic E-state index is 0.0851. The Morgan fingerprint density at radius 1 is 1.73 bits per heavy atom. The smallest absolute Gasteiger partial charge is 0.186 e. The molecule has 0 fully saturated rings. The van der Waals surface area contributed by atoms with Gasteiger partial charge >= 0.3 is 0 Å². The van der Waals surface area contributed by atoms with Crippen molar-refractivity contribution in [1.82, 2.24) is 0 Å². The summed E-state index contributed by atoms with van der Waals surface area (Å²) >= 11 is 10.2. The number of halogens is 2. The van der Waals surface area contributed by atoms with Crippen LogP contribution in [0, 0.1) is 0 Å². The second-order valence-electron chi connectivity index (χ2n) is 2.08. The fraction of sp³-hybridized carbons (Fsp3) is 0.286. The average Bonchev–Trinajstić information content (AvgIpc) is 2.34. The van der Waals surface area contributed by atoms with Crippen LogP contribution in [-0.4, -0.2) is 10.6 Å². The van der Waals surface area contributed by atoms with Gasteiger partial charge in [0.2, 0.25) is 0 Å². The van der Waals surface area contributed by atoms with Crippen LogP contribution in [0.15, 0.2) is 12.1 Å². The van der Waals surface area contributed by atoms with Crippen LogP contribution in [0.2, 0.25) is 4.34 Å². The molecule has 0 aromatic carbocycles. The van der Waals surface area contributed by atoms with Crippen LogP contribution in [0.1, 0.15) is 16.6 Å². The first kappa shape index (κ1) is 9.23. The Kier molecular flexibility index (Phi) is 3.10. The maximum atomic E-state index is 11.3. The van der Waals surface area contributed by atoms with Crippen LogP contribution < -0.4 is 0 Å². The molecule has 0 amide bonds. The van der Waals surface area contributed by atoms with Gasteiger partial charge < -0.3 is 0 Å². The van der Waals surface area contributed by atoms with Crippen molar-refractivity contribution in [3.05, 3.63) is 21.3 Å². The van der Waals surface area contributed by atoms with Crippen LogP contribution in [0.5, 0.6) is 0 Å². The lowest BCUT2D eigenvalue weighted by atomic mass is 10.3. The Morgan fingerprint density at radius 2 is 2.36 bits per heavy atom. The lowest BCUT2D eigenvalue weighted by Gasteiger charge is -1.96. The molecular formula is C7H6BrClOS. The lowest BCUT2D eigenvalue weighted by Crippen LogP contribution is -2.07. The standard InChI is InChI=1S/C7H6BrClOS/c1-4(8)7(10)5-2-3-6(9)11-5/h2-4H,1H3. The molecule has 1 aromatic rings. The van der Waals surface area contributed by atoms with Crippen molar-refractivity contribution in [3.8, 4) is 0 Å². The van der Waals surface area contributed by atoms with E-state index in [4.69, 9.17) is 11.6 Å². The van der Waals surface area contributed by atoms with E-state index in [2.05, 4.69) is 15.9 Å². The van der Waals surface area contributed by atoms with Crippen LogP contribution in [0.4, 0.5) is 0 Å². The number of alkyl halides is 1. The molecule has 0 aliphatic rings. The Morgan fingerprint density at radius 3 is 2.73 bits per heavy atom. The number of Topliss-reactive ketones (excluding diaryl/α,β-unsaturated/α-hetero) is 1. The molecule has 0 spiro atoms. The topological polar surface area (TPSA) is 17.1 Å². The van der Waals surface area contributed by atoms with Crippen LogP contribution in [0.25, 0.3) is 0 Å². The third-order valence-electron chi connectivity index (χ3n) is 1.18. The number of hydrogen-bond acceptors (Lipinski definition) is 2. The van der Waals surface area contributed by atoms with Crippen LogP contribution in [0.3, 0.4) is 0 Å². The summed E-state index contributed by atoms with van der Waals surface area (Å²) in [6.45, 7) is 1.80. The van der Waals surface area contributed by atoms with Gasteiger partial charge in [-0.1, -0.05) is 27.5 Å². The quantitative estimate of drug-likeness (QED) is 0.583. The fourth-order valence-corrected chi connectivity index (χ4v) is 2.11. The molecule has 11 heavy (non-hydrogen) atoms. The van der Waals surface area contributed by atoms with E-state index in [-0.39, 0.29) is 10.6 Å². The summed E-state index contributed by atoms with van der Waals surface area (Å²) in [4.78, 5) is 11.8. The molecule has 1 nitrogen and oxygen atoms in total. The Labute approximate surface area is 82.5 Å². The molecule has 1 unspecified atom stereocenters. The Hall–Kier alpha value is 0.140. The maximum absolute atomic E-state index is 11.3. The summed E-state index contributed by atoms with van der Waals surface area (Å²) in [6.07, 6.45) is 0. The van der Waals surface area contributed by atoms with E-state index < -0.39 is 0 Å². The van der Waals surface area contributed by atoms with Gasteiger partial charge in [0.1, 0.15) is 0 Å². The van der Waals surface area contributed by atoms with Crippen molar-refractivity contribution in [1.29, 1.82) is 0 Å². The molecule has 1 rings (SSSR count). The minimum atomic E-state index is -0.128. The number of hydrogen-bond donors (Lipinski definition) is 0. The SMILES string of the molecule is CC(Br)C(=O)c1ccc(Cl)s1. The van der Waals surface area contributed by atoms with Crippen LogP contribution >= 0.6 is 38.9 Å². The van der Waals surface area contributed by atoms with Gasteiger partial charge in [-0.15, -0.1) is 11.3 Å². The van der Waals surface area contributed by atoms with Crippen molar-refractivity contribution in [2.45, 2.75) is 11.8 Å². The number of carbonyl (C=O) groups excluding carboxylic acids is 1. The summed E-state index contributed by atoms with van der Waals surface area (Å²) in [7, 11) is 0. The third-order valence-corrected chi connectivity index (χ3v) is 2.84. The molecule has 0 radical (unpaired) electrons. The van der Waals surface area contributed by atoms with Crippen molar-refractivity contribution in [3.63, 3.8) is 0 Å². The average molecular weight is 254 g/mol. The van der Waals surface area contributed by atoms with Gasteiger partial charge in [0, 0.05) is 0 Å². The van der Waals surface area contributed by atoms with Gasteiger partial charge in [0.15, 0.2) is 5.78 Å². The van der Waals surface area contributed by atoms with Gasteiger partial charge in [-0.2, -0.15) is 0 Å². The Balaban J connectivity index is 2.85. The molecule has 0 N–H and O–H groups in total. The van der Waals surface area contributed by atoms with Gasteiger partial charge in [-0.05, 0) is 19.1 Å². The largest absolute Gasteiger partial charge is 0.292 e. The minimum Gasteiger partial charge on any atom is -0.292 e. The second kappa shape index (κ2) is 3.70. The van der Waals surface area contributed by atoms with Gasteiger partial charge in [0.05, 0.1) is 14.0 Å². The second-order valence-corrected chi connectivity index (χ2v) is 5.17. The summed E-state index contributed by atoms with van der Waals surface area (Å²) in [5.74, 6) is 0.0851. The van der Waals surface area contributed by atoms with E-state index in [0.717, 1.165) is 0 Å². The molecule has 1 atom stereocenters. The predicted octanol–water partition coefficient (Wildman–Crippen LogP) is 3.37. The zero-order valence-corrected chi connectivity index (χ0v) is 8.96. The molecule has 0 saturated heterocycles. The van der Waals surface area contributed by atoms with E-state index in [1.165, 1.54) is 11.3 Å². The number of ketones is 1. The lowest BCUT2D eigenvalue weighted by molar-refractivity contribution is 0.0999. The van der Waals surface area contributed by atoms with Gasteiger partial charge in [0.25, 0.3) is 0 Å². The molecule has 1 heterocycles. The maximum Gasteiger partial charge on any atom is 0.186 e. The molecule has 0 aliphatic heterocycles. The van der Waals surface area contributed by atoms with Gasteiger partial charge in [-0.3, -0.25) is 4.79 Å². The molecule has 1 aromatic heterocycles. The van der Waals surface area contributed by atoms with Crippen molar-refractivity contribution < 1.29 is 4.79 Å². The summed E-state index contributed by atoms with van der Waals surface area (Å²) in [5.41, 5.74) is 0. The van der Waals surface area contributed by atoms with Crippen molar-refractivity contribution in [2.24, 2.45) is 0 Å². The van der Waals surface area contributed by atoms with Crippen molar-refractivity contribution in [2.75, 3.05) is 0 Å². The normalized spacial score (nSPS) is 13.0. The summed E-state index contributed by atoms with van der Waals surface area (Å²) in [5, 5.41) is 0. The molecule has 60 valence electrons. The highest BCUT2D eigenvalue weighted by Crippen LogP contribution is 2.23. The first-order valence-electron chi connectivity index (χ1n) is 3.05. The summed E-state index contributed by atoms with van der Waals surface area (Å²) in [6, 6.07) is 3.47. The summed E-state index contributed by atoms with van der Waals surface area (Å²) < 4.78 is 0.654. The zero-order valence-electron chi connectivity index (χ0n) is 5.80. The van der Waals surface area contributed by atoms with E-state index in [9.17, 15) is 4.79 Å². The van der Waals surface area contributed by atoms with Gasteiger partial charge in [-0.25, -0.2) is 0 Å². The highest BCUT2D eigenvalue weighted by atomic mass is 79.9. The first-order valence-corrected chi connectivity index (χ1v) is 5.16. The molecule has 4 heteroatoms. The molecule has 0 saturated carbocycles. The van der Waals surface area contributed by atoms with E-state index in [1.54, 1.807) is 19.1 Å². The van der Waals surface area contributed by atoms with Crippen LogP contribution in [-0.2, 0) is 0 Å². The number of carbonyl (C=O) groups is 1. The molecule has 0 aliphatic carbocycles. The number of thiophene rings is 1. The fourth-order valence-electron chi connectivity index (χ4n) is 0.643. The molecule has 0 bridgehead atoms. The first-order chi connectivity index (χ1) is 5.11. The zero-order chi connectivity index (χ0) is 8.43. The third kappa shape index (κ3) is 2.29. The monoisotopic (exact) mass is 252 g/mol. The van der Waals surface area contributed by atoms with E-state index in [0.29, 0.717) is 9.21 Å². The predicted molar refractivity (Wildman–Crippen MR) is 52.0 cm³/mol. The van der Waals surface area contributed by atoms with Crippen molar-refractivity contribution >= 4 is 44.7 Å². The number of rotatable bonds is 2. The highest BCUT2D eigenvalue weighted by molar-refractivity contribution is 9.10.